The molecular formula is C17H21N5O3. The van der Waals surface area contributed by atoms with Gasteiger partial charge in [-0.2, -0.15) is 0 Å². The van der Waals surface area contributed by atoms with Crippen molar-refractivity contribution in [3.8, 4) is 0 Å². The number of aromatic nitrogens is 2. The second kappa shape index (κ2) is 9.33. The van der Waals surface area contributed by atoms with Crippen molar-refractivity contribution >= 4 is 29.1 Å². The number of benzene rings is 1. The largest absolute Gasteiger partial charge is 0.385 e. The summed E-state index contributed by atoms with van der Waals surface area (Å²) in [6, 6.07) is 8.36. The maximum Gasteiger partial charge on any atom is 0.274 e. The third-order valence-corrected chi connectivity index (χ3v) is 3.16. The Morgan fingerprint density at radius 3 is 2.40 bits per heavy atom. The molecular weight excluding hydrogens is 322 g/mol. The molecule has 0 spiro atoms. The van der Waals surface area contributed by atoms with Gasteiger partial charge in [0, 0.05) is 44.8 Å². The lowest BCUT2D eigenvalue weighted by Crippen LogP contribution is -2.16. The molecule has 1 heterocycles. The van der Waals surface area contributed by atoms with Crippen LogP contribution in [0.15, 0.2) is 36.5 Å². The zero-order valence-corrected chi connectivity index (χ0v) is 14.2. The molecule has 8 heteroatoms. The van der Waals surface area contributed by atoms with Crippen LogP contribution in [-0.2, 0) is 9.53 Å². The molecule has 0 aliphatic carbocycles. The van der Waals surface area contributed by atoms with E-state index < -0.39 is 0 Å². The molecule has 1 aromatic heterocycles. The molecule has 25 heavy (non-hydrogen) atoms. The van der Waals surface area contributed by atoms with Gasteiger partial charge >= 0.3 is 0 Å². The second-order valence-corrected chi connectivity index (χ2v) is 5.25. The molecule has 0 radical (unpaired) electrons. The highest BCUT2D eigenvalue weighted by atomic mass is 16.5. The number of hydrogen-bond acceptors (Lipinski definition) is 6. The Labute approximate surface area is 146 Å². The molecule has 2 aromatic rings. The Hall–Kier alpha value is -3.00. The first-order valence-corrected chi connectivity index (χ1v) is 7.83. The van der Waals surface area contributed by atoms with E-state index in [1.807, 2.05) is 0 Å². The molecule has 0 saturated heterocycles. The lowest BCUT2D eigenvalue weighted by molar-refractivity contribution is -0.114. The zero-order chi connectivity index (χ0) is 18.1. The van der Waals surface area contributed by atoms with Gasteiger partial charge in [0.25, 0.3) is 5.91 Å². The number of carbonyl (C=O) groups excluding carboxylic acids is 2. The minimum Gasteiger partial charge on any atom is -0.385 e. The van der Waals surface area contributed by atoms with Gasteiger partial charge in [-0.05, 0) is 36.8 Å². The fourth-order valence-electron chi connectivity index (χ4n) is 2.02. The number of carbonyl (C=O) groups is 2. The number of methoxy groups -OCH3 is 1. The topological polar surface area (TPSA) is 105 Å². The van der Waals surface area contributed by atoms with Gasteiger partial charge in [0.2, 0.25) is 11.9 Å². The Bertz CT molecular complexity index is 718. The van der Waals surface area contributed by atoms with E-state index in [-0.39, 0.29) is 17.5 Å². The van der Waals surface area contributed by atoms with Crippen LogP contribution in [-0.4, -0.2) is 42.0 Å². The fraction of sp³-hybridized carbons (Fsp3) is 0.294. The second-order valence-electron chi connectivity index (χ2n) is 5.25. The first-order chi connectivity index (χ1) is 12.1. The lowest BCUT2D eigenvalue weighted by atomic mass is 10.2. The van der Waals surface area contributed by atoms with Crippen molar-refractivity contribution in [1.29, 1.82) is 0 Å². The van der Waals surface area contributed by atoms with E-state index in [0.29, 0.717) is 30.5 Å². The minimum absolute atomic E-state index is 0.150. The third-order valence-electron chi connectivity index (χ3n) is 3.16. The van der Waals surface area contributed by atoms with E-state index in [0.717, 1.165) is 6.42 Å². The average Bonchev–Trinajstić information content (AvgIpc) is 2.60. The molecule has 0 saturated carbocycles. The highest BCUT2D eigenvalue weighted by Gasteiger charge is 2.09. The van der Waals surface area contributed by atoms with Crippen molar-refractivity contribution in [3.05, 3.63) is 42.2 Å². The number of nitrogens with one attached hydrogen (secondary N) is 3. The summed E-state index contributed by atoms with van der Waals surface area (Å²) in [6.45, 7) is 2.73. The number of hydrogen-bond donors (Lipinski definition) is 3. The Kier molecular flexibility index (Phi) is 6.85. The van der Waals surface area contributed by atoms with Crippen LogP contribution in [0.3, 0.4) is 0 Å². The first kappa shape index (κ1) is 18.3. The molecule has 2 rings (SSSR count). The lowest BCUT2D eigenvalue weighted by Gasteiger charge is -2.08. The SMILES string of the molecule is COCCCNc1nccc(C(=O)Nc2ccc(NC(C)=O)cc2)n1. The van der Waals surface area contributed by atoms with E-state index in [1.54, 1.807) is 37.4 Å². The van der Waals surface area contributed by atoms with Crippen molar-refractivity contribution in [2.45, 2.75) is 13.3 Å². The van der Waals surface area contributed by atoms with Crippen molar-refractivity contribution < 1.29 is 14.3 Å². The number of rotatable bonds is 8. The molecule has 0 atom stereocenters. The van der Waals surface area contributed by atoms with Gasteiger partial charge in [-0.1, -0.05) is 0 Å². The first-order valence-electron chi connectivity index (χ1n) is 7.83. The molecule has 3 N–H and O–H groups in total. The summed E-state index contributed by atoms with van der Waals surface area (Å²) in [5.74, 6) is -0.0947. The van der Waals surface area contributed by atoms with Crippen LogP contribution in [0.2, 0.25) is 0 Å². The van der Waals surface area contributed by atoms with Gasteiger partial charge in [0.05, 0.1) is 0 Å². The maximum atomic E-state index is 12.3. The van der Waals surface area contributed by atoms with Crippen molar-refractivity contribution in [2.75, 3.05) is 36.2 Å². The van der Waals surface area contributed by atoms with E-state index in [4.69, 9.17) is 4.74 Å². The molecule has 0 aliphatic heterocycles. The smallest absolute Gasteiger partial charge is 0.274 e. The third kappa shape index (κ3) is 6.19. The summed E-state index contributed by atoms with van der Waals surface area (Å²) < 4.78 is 4.97. The zero-order valence-electron chi connectivity index (χ0n) is 14.2. The number of amides is 2. The van der Waals surface area contributed by atoms with Gasteiger partial charge in [-0.15, -0.1) is 0 Å². The van der Waals surface area contributed by atoms with Crippen LogP contribution in [0.1, 0.15) is 23.8 Å². The van der Waals surface area contributed by atoms with Crippen molar-refractivity contribution in [3.63, 3.8) is 0 Å². The molecule has 132 valence electrons. The minimum atomic E-state index is -0.338. The van der Waals surface area contributed by atoms with Gasteiger partial charge in [-0.3, -0.25) is 9.59 Å². The number of nitrogens with zero attached hydrogens (tertiary/aromatic N) is 2. The summed E-state index contributed by atoms with van der Waals surface area (Å²) in [5.41, 5.74) is 1.53. The average molecular weight is 343 g/mol. The molecule has 1 aromatic carbocycles. The van der Waals surface area contributed by atoms with Gasteiger partial charge in [0.1, 0.15) is 5.69 Å². The van der Waals surface area contributed by atoms with Crippen LogP contribution in [0.4, 0.5) is 17.3 Å². The van der Waals surface area contributed by atoms with Crippen molar-refractivity contribution in [1.82, 2.24) is 9.97 Å². The summed E-state index contributed by atoms with van der Waals surface area (Å²) in [5, 5.41) is 8.46. The van der Waals surface area contributed by atoms with Crippen LogP contribution in [0, 0.1) is 0 Å². The normalized spacial score (nSPS) is 10.2. The van der Waals surface area contributed by atoms with E-state index in [2.05, 4.69) is 25.9 Å². The van der Waals surface area contributed by atoms with Crippen LogP contribution in [0.25, 0.3) is 0 Å². The summed E-state index contributed by atoms with van der Waals surface area (Å²) in [4.78, 5) is 31.6. The summed E-state index contributed by atoms with van der Waals surface area (Å²) in [7, 11) is 1.64. The molecule has 2 amide bonds. The highest BCUT2D eigenvalue weighted by Crippen LogP contribution is 2.14. The van der Waals surface area contributed by atoms with E-state index in [9.17, 15) is 9.59 Å². The van der Waals surface area contributed by atoms with Gasteiger partial charge in [-0.25, -0.2) is 9.97 Å². The molecule has 8 nitrogen and oxygen atoms in total. The number of anilines is 3. The van der Waals surface area contributed by atoms with Crippen LogP contribution in [0.5, 0.6) is 0 Å². The summed E-state index contributed by atoms with van der Waals surface area (Å²) in [6.07, 6.45) is 2.34. The molecule has 0 unspecified atom stereocenters. The monoisotopic (exact) mass is 343 g/mol. The predicted octanol–water partition coefficient (Wildman–Crippen LogP) is 2.14. The Balaban J connectivity index is 1.94. The number of ether oxygens (including phenoxy) is 1. The fourth-order valence-corrected chi connectivity index (χ4v) is 2.02. The van der Waals surface area contributed by atoms with E-state index >= 15 is 0 Å². The Morgan fingerprint density at radius 1 is 1.08 bits per heavy atom. The Morgan fingerprint density at radius 2 is 1.76 bits per heavy atom. The van der Waals surface area contributed by atoms with Crippen LogP contribution < -0.4 is 16.0 Å². The predicted molar refractivity (Wildman–Crippen MR) is 95.7 cm³/mol. The quantitative estimate of drug-likeness (QED) is 0.634. The molecule has 0 fully saturated rings. The molecule has 0 aliphatic rings. The maximum absolute atomic E-state index is 12.3. The highest BCUT2D eigenvalue weighted by molar-refractivity contribution is 6.03. The summed E-state index contributed by atoms with van der Waals surface area (Å²) >= 11 is 0. The van der Waals surface area contributed by atoms with Gasteiger partial charge < -0.3 is 20.7 Å². The van der Waals surface area contributed by atoms with E-state index in [1.165, 1.54) is 13.1 Å². The molecule has 0 bridgehead atoms. The van der Waals surface area contributed by atoms with Crippen molar-refractivity contribution in [2.24, 2.45) is 0 Å². The van der Waals surface area contributed by atoms with Crippen LogP contribution >= 0.6 is 0 Å². The standard InChI is InChI=1S/C17H21N5O3/c1-12(23)20-13-4-6-14(7-5-13)21-16(24)15-8-10-19-17(22-15)18-9-3-11-25-2/h4-8,10H,3,9,11H2,1-2H3,(H,20,23)(H,21,24)(H,18,19,22). The van der Waals surface area contributed by atoms with Gasteiger partial charge in [0.15, 0.2) is 0 Å².